The van der Waals surface area contributed by atoms with Gasteiger partial charge in [0.2, 0.25) is 0 Å². The number of hydrogen-bond donors (Lipinski definition) is 4. The van der Waals surface area contributed by atoms with Gasteiger partial charge in [0.25, 0.3) is 0 Å². The number of esters is 1. The molecule has 6 aliphatic carbocycles. The Balaban J connectivity index is 1.40. The number of aliphatic hydroxyl groups is 4. The van der Waals surface area contributed by atoms with Crippen molar-refractivity contribution in [3.63, 3.8) is 0 Å². The van der Waals surface area contributed by atoms with E-state index in [-0.39, 0.29) is 51.8 Å². The Hall–Kier alpha value is -0.950. The Morgan fingerprint density at radius 2 is 1.61 bits per heavy atom. The Bertz CT molecular complexity index is 1010. The van der Waals surface area contributed by atoms with Crippen LogP contribution in [0, 0.1) is 69.0 Å². The highest BCUT2D eigenvalue weighted by atomic mass is 16.5. The highest BCUT2D eigenvalue weighted by molar-refractivity contribution is 5.78. The van der Waals surface area contributed by atoms with Crippen LogP contribution in [0.1, 0.15) is 80.1 Å². The maximum absolute atomic E-state index is 13.4. The molecule has 1 aliphatic heterocycles. The van der Waals surface area contributed by atoms with Gasteiger partial charge in [-0.1, -0.05) is 53.7 Å². The van der Waals surface area contributed by atoms with E-state index in [0.717, 1.165) is 25.7 Å². The van der Waals surface area contributed by atoms with Crippen molar-refractivity contribution < 1.29 is 30.0 Å². The fourth-order valence-electron chi connectivity index (χ4n) is 11.9. The van der Waals surface area contributed by atoms with E-state index in [1.165, 1.54) is 0 Å². The van der Waals surface area contributed by atoms with Crippen LogP contribution in [-0.4, -0.2) is 57.4 Å². The van der Waals surface area contributed by atoms with Crippen LogP contribution in [-0.2, 0) is 9.53 Å². The largest absolute Gasteiger partial charge is 0.465 e. The van der Waals surface area contributed by atoms with Gasteiger partial charge in [0.05, 0.1) is 36.9 Å². The van der Waals surface area contributed by atoms with Crippen LogP contribution < -0.4 is 0 Å². The van der Waals surface area contributed by atoms with Gasteiger partial charge in [-0.25, -0.2) is 0 Å². The van der Waals surface area contributed by atoms with Gasteiger partial charge in [-0.3, -0.25) is 4.79 Å². The van der Waals surface area contributed by atoms with Gasteiger partial charge in [0, 0.05) is 16.7 Å². The summed E-state index contributed by atoms with van der Waals surface area (Å²) in [5.41, 5.74) is -0.953. The molecule has 2 spiro atoms. The summed E-state index contributed by atoms with van der Waals surface area (Å²) in [7, 11) is 0. The summed E-state index contributed by atoms with van der Waals surface area (Å²) in [5.74, 6) is 0.959. The summed E-state index contributed by atoms with van der Waals surface area (Å²) in [6.07, 6.45) is 6.70. The number of fused-ring (bicyclic) bond motifs is 1. The van der Waals surface area contributed by atoms with Crippen LogP contribution >= 0.6 is 0 Å². The van der Waals surface area contributed by atoms with Crippen molar-refractivity contribution in [2.75, 3.05) is 6.61 Å². The van der Waals surface area contributed by atoms with Gasteiger partial charge in [-0.2, -0.15) is 0 Å². The number of carbonyl (C=O) groups excluding carboxylic acids is 1. The third-order valence-electron chi connectivity index (χ3n) is 14.1. The molecule has 5 fully saturated rings. The monoisotopic (exact) mass is 530 g/mol. The molecule has 1 heterocycles. The summed E-state index contributed by atoms with van der Waals surface area (Å²) in [6.45, 7) is 13.5. The lowest BCUT2D eigenvalue weighted by atomic mass is 9.28. The number of ether oxygens (including phenoxy) is 1. The molecule has 0 aromatic rings. The van der Waals surface area contributed by atoms with E-state index in [0.29, 0.717) is 37.2 Å². The average Bonchev–Trinajstić information content (AvgIpc) is 3.44. The summed E-state index contributed by atoms with van der Waals surface area (Å²) in [5, 5.41) is 44.2. The number of carbonyl (C=O) groups is 1. The zero-order valence-corrected chi connectivity index (χ0v) is 24.1. The molecule has 4 N–H and O–H groups in total. The molecular weight excluding hydrogens is 480 g/mol. The van der Waals surface area contributed by atoms with Gasteiger partial charge < -0.3 is 25.2 Å². The van der Waals surface area contributed by atoms with Crippen LogP contribution in [0.3, 0.4) is 0 Å². The topological polar surface area (TPSA) is 107 Å². The minimum absolute atomic E-state index is 0.0152. The van der Waals surface area contributed by atoms with E-state index >= 15 is 0 Å². The van der Waals surface area contributed by atoms with Crippen LogP contribution in [0.5, 0.6) is 0 Å². The second-order valence-electron chi connectivity index (χ2n) is 15.3. The molecule has 4 saturated carbocycles. The van der Waals surface area contributed by atoms with Gasteiger partial charge in [0.15, 0.2) is 0 Å². The Labute approximate surface area is 228 Å². The molecule has 0 radical (unpaired) electrons. The van der Waals surface area contributed by atoms with Crippen molar-refractivity contribution in [1.29, 1.82) is 0 Å². The first-order chi connectivity index (χ1) is 17.8. The second kappa shape index (κ2) is 8.53. The van der Waals surface area contributed by atoms with Crippen molar-refractivity contribution in [2.45, 2.75) is 104 Å². The van der Waals surface area contributed by atoms with Gasteiger partial charge >= 0.3 is 5.97 Å². The lowest BCUT2D eigenvalue weighted by molar-refractivity contribution is -0.258. The molecule has 6 nitrogen and oxygen atoms in total. The maximum Gasteiger partial charge on any atom is 0.310 e. The molecule has 15 atom stereocenters. The molecule has 1 unspecified atom stereocenters. The Kier molecular flexibility index (Phi) is 6.11. The summed E-state index contributed by atoms with van der Waals surface area (Å²) < 4.78 is 5.85. The molecular formula is C32H50O6. The zero-order chi connectivity index (χ0) is 27.6. The standard InChI is InChI=1S/C32H50O6/c1-16(2)17(3)26(35)27(36)18(4)19-7-8-23-29(19,5)10-9-24-30(6)13-21(33)22(34)14-31(30)11-12-32(23,24)20-15-38-28(37)25(20)31/h11-12,16-27,33-36H,7-10,13-15H2,1-6H3/t17-,18+,19-,20-,21+,22-,23-,24-,25-,26-,27-,29-,30-,31?,32-/m1/s1. The Morgan fingerprint density at radius 1 is 0.921 bits per heavy atom. The molecule has 0 aromatic carbocycles. The molecule has 0 amide bonds. The molecule has 7 aliphatic rings. The number of rotatable bonds is 5. The first-order valence-corrected chi connectivity index (χ1v) is 15.4. The van der Waals surface area contributed by atoms with Crippen molar-refractivity contribution in [1.82, 2.24) is 0 Å². The smallest absolute Gasteiger partial charge is 0.310 e. The van der Waals surface area contributed by atoms with Crippen molar-refractivity contribution in [3.05, 3.63) is 12.2 Å². The minimum atomic E-state index is -0.820. The average molecular weight is 531 g/mol. The van der Waals surface area contributed by atoms with Crippen LogP contribution in [0.25, 0.3) is 0 Å². The highest BCUT2D eigenvalue weighted by Crippen LogP contribution is 2.82. The number of allylic oxidation sites excluding steroid dienone is 2. The Morgan fingerprint density at radius 3 is 2.29 bits per heavy atom. The van der Waals surface area contributed by atoms with Crippen LogP contribution in [0.15, 0.2) is 12.2 Å². The fourth-order valence-corrected chi connectivity index (χ4v) is 11.9. The molecule has 1 saturated heterocycles. The van der Waals surface area contributed by atoms with Gasteiger partial charge in [-0.05, 0) is 84.9 Å². The molecule has 7 rings (SSSR count). The minimum Gasteiger partial charge on any atom is -0.465 e. The predicted molar refractivity (Wildman–Crippen MR) is 144 cm³/mol. The van der Waals surface area contributed by atoms with Gasteiger partial charge in [0.1, 0.15) is 0 Å². The van der Waals surface area contributed by atoms with Crippen molar-refractivity contribution >= 4 is 5.97 Å². The first kappa shape index (κ1) is 27.2. The van der Waals surface area contributed by atoms with E-state index < -0.39 is 29.8 Å². The molecule has 2 bridgehead atoms. The molecule has 0 aromatic heterocycles. The summed E-state index contributed by atoms with van der Waals surface area (Å²) in [4.78, 5) is 13.4. The molecule has 38 heavy (non-hydrogen) atoms. The number of hydrogen-bond acceptors (Lipinski definition) is 6. The number of cyclic esters (lactones) is 1. The third kappa shape index (κ3) is 3.07. The first-order valence-electron chi connectivity index (χ1n) is 15.4. The summed E-state index contributed by atoms with van der Waals surface area (Å²) in [6, 6.07) is 0. The maximum atomic E-state index is 13.4. The van der Waals surface area contributed by atoms with E-state index in [1.54, 1.807) is 0 Å². The lowest BCUT2D eigenvalue weighted by Gasteiger charge is -2.75. The van der Waals surface area contributed by atoms with E-state index in [2.05, 4.69) is 46.8 Å². The second-order valence-corrected chi connectivity index (χ2v) is 15.3. The molecule has 214 valence electrons. The summed E-state index contributed by atoms with van der Waals surface area (Å²) >= 11 is 0. The lowest BCUT2D eigenvalue weighted by Crippen LogP contribution is -2.73. The normalized spacial score (nSPS) is 54.0. The zero-order valence-electron chi connectivity index (χ0n) is 24.1. The predicted octanol–water partition coefficient (Wildman–Crippen LogP) is 3.95. The van der Waals surface area contributed by atoms with Crippen molar-refractivity contribution in [3.8, 4) is 0 Å². The third-order valence-corrected chi connectivity index (χ3v) is 14.1. The SMILES string of the molecule is CC(C)[C@@H](C)[C@@H](O)[C@H](O)[C@@H](C)[C@H]1CC[C@@H]2[C@]1(C)CC[C@H]1[C@@]23C=CC2(C[C@@H](O)[C@@H](O)C[C@]12C)[C@H]1C(=O)OC[C@H]13. The van der Waals surface area contributed by atoms with E-state index in [4.69, 9.17) is 4.74 Å². The highest BCUT2D eigenvalue weighted by Gasteiger charge is 2.80. The van der Waals surface area contributed by atoms with E-state index in [1.807, 2.05) is 6.92 Å². The van der Waals surface area contributed by atoms with Crippen molar-refractivity contribution in [2.24, 2.45) is 69.0 Å². The quantitative estimate of drug-likeness (QED) is 0.317. The van der Waals surface area contributed by atoms with Gasteiger partial charge in [-0.15, -0.1) is 0 Å². The fraction of sp³-hybridized carbons (Fsp3) is 0.906. The molecule has 6 heteroatoms. The van der Waals surface area contributed by atoms with Crippen LogP contribution in [0.4, 0.5) is 0 Å². The van der Waals surface area contributed by atoms with Crippen LogP contribution in [0.2, 0.25) is 0 Å². The number of aliphatic hydroxyl groups excluding tert-OH is 4. The van der Waals surface area contributed by atoms with E-state index in [9.17, 15) is 25.2 Å².